The molecule has 0 N–H and O–H groups in total. The standard InChI is InChI=1S/C14H10BrNO2S2/c15-11-6-7-12-13(8-11)19-14(16-12)20(17,18)9-10-4-2-1-3-5-10/h1-8H,9H2. The van der Waals surface area contributed by atoms with Crippen LogP contribution in [0.1, 0.15) is 5.56 Å². The summed E-state index contributed by atoms with van der Waals surface area (Å²) in [6.07, 6.45) is 0. The molecule has 0 unspecified atom stereocenters. The topological polar surface area (TPSA) is 47.0 Å². The Hall–Kier alpha value is -1.24. The number of thiazole rings is 1. The first-order valence-electron chi connectivity index (χ1n) is 5.87. The molecule has 0 saturated carbocycles. The largest absolute Gasteiger partial charge is 0.225 e. The van der Waals surface area contributed by atoms with E-state index in [-0.39, 0.29) is 10.1 Å². The molecule has 0 spiro atoms. The van der Waals surface area contributed by atoms with Gasteiger partial charge >= 0.3 is 0 Å². The van der Waals surface area contributed by atoms with Crippen molar-refractivity contribution in [3.63, 3.8) is 0 Å². The highest BCUT2D eigenvalue weighted by molar-refractivity contribution is 9.10. The number of benzene rings is 2. The molecular formula is C14H10BrNO2S2. The number of fused-ring (bicyclic) bond motifs is 1. The zero-order valence-corrected chi connectivity index (χ0v) is 13.5. The van der Waals surface area contributed by atoms with E-state index in [4.69, 9.17) is 0 Å². The number of nitrogens with zero attached hydrogens (tertiary/aromatic N) is 1. The van der Waals surface area contributed by atoms with Crippen molar-refractivity contribution >= 4 is 47.3 Å². The fourth-order valence-electron chi connectivity index (χ4n) is 1.87. The van der Waals surface area contributed by atoms with Gasteiger partial charge in [0.15, 0.2) is 0 Å². The molecule has 0 radical (unpaired) electrons. The van der Waals surface area contributed by atoms with Gasteiger partial charge in [-0.15, -0.1) is 11.3 Å². The predicted molar refractivity (Wildman–Crippen MR) is 84.7 cm³/mol. The smallest absolute Gasteiger partial charge is 0.210 e. The number of halogens is 1. The van der Waals surface area contributed by atoms with E-state index in [2.05, 4.69) is 20.9 Å². The lowest BCUT2D eigenvalue weighted by molar-refractivity contribution is 0.594. The molecule has 0 aliphatic carbocycles. The molecule has 0 aliphatic heterocycles. The second-order valence-corrected chi connectivity index (χ2v) is 8.45. The van der Waals surface area contributed by atoms with E-state index in [0.29, 0.717) is 5.52 Å². The summed E-state index contributed by atoms with van der Waals surface area (Å²) < 4.78 is 26.7. The van der Waals surface area contributed by atoms with Gasteiger partial charge in [-0.3, -0.25) is 0 Å². The van der Waals surface area contributed by atoms with Crippen molar-refractivity contribution in [1.29, 1.82) is 0 Å². The third kappa shape index (κ3) is 2.77. The first-order valence-corrected chi connectivity index (χ1v) is 9.13. The van der Waals surface area contributed by atoms with Gasteiger partial charge in [-0.25, -0.2) is 13.4 Å². The van der Waals surface area contributed by atoms with Gasteiger partial charge in [-0.2, -0.15) is 0 Å². The monoisotopic (exact) mass is 367 g/mol. The fraction of sp³-hybridized carbons (Fsp3) is 0.0714. The van der Waals surface area contributed by atoms with Crippen LogP contribution in [0.2, 0.25) is 0 Å². The van der Waals surface area contributed by atoms with Crippen molar-refractivity contribution in [3.05, 3.63) is 58.6 Å². The van der Waals surface area contributed by atoms with Crippen molar-refractivity contribution in [3.8, 4) is 0 Å². The molecule has 0 amide bonds. The molecule has 0 fully saturated rings. The van der Waals surface area contributed by atoms with Gasteiger partial charge in [-0.1, -0.05) is 46.3 Å². The second kappa shape index (κ2) is 5.27. The average molecular weight is 368 g/mol. The van der Waals surface area contributed by atoms with Crippen LogP contribution in [-0.4, -0.2) is 13.4 Å². The molecule has 0 bridgehead atoms. The summed E-state index contributed by atoms with van der Waals surface area (Å²) in [5.41, 5.74) is 1.48. The van der Waals surface area contributed by atoms with Crippen molar-refractivity contribution in [2.24, 2.45) is 0 Å². The van der Waals surface area contributed by atoms with Crippen LogP contribution in [0, 0.1) is 0 Å². The van der Waals surface area contributed by atoms with Gasteiger partial charge in [0.05, 0.1) is 16.0 Å². The molecule has 0 atom stereocenters. The maximum atomic E-state index is 12.4. The Morgan fingerprint density at radius 2 is 1.85 bits per heavy atom. The van der Waals surface area contributed by atoms with Crippen molar-refractivity contribution in [2.75, 3.05) is 0 Å². The van der Waals surface area contributed by atoms with Gasteiger partial charge in [0.1, 0.15) is 0 Å². The van der Waals surface area contributed by atoms with Crippen LogP contribution in [0.5, 0.6) is 0 Å². The molecule has 3 nitrogen and oxygen atoms in total. The number of hydrogen-bond acceptors (Lipinski definition) is 4. The van der Waals surface area contributed by atoms with Crippen LogP contribution < -0.4 is 0 Å². The van der Waals surface area contributed by atoms with E-state index in [1.54, 1.807) is 0 Å². The van der Waals surface area contributed by atoms with Gasteiger partial charge < -0.3 is 0 Å². The van der Waals surface area contributed by atoms with Crippen LogP contribution in [0.25, 0.3) is 10.2 Å². The summed E-state index contributed by atoms with van der Waals surface area (Å²) in [5.74, 6) is -0.0190. The maximum Gasteiger partial charge on any atom is 0.210 e. The first kappa shape index (κ1) is 13.7. The van der Waals surface area contributed by atoms with Gasteiger partial charge in [0.2, 0.25) is 14.2 Å². The highest BCUT2D eigenvalue weighted by Gasteiger charge is 2.20. The Kier molecular flexibility index (Phi) is 3.62. The quantitative estimate of drug-likeness (QED) is 0.701. The molecule has 3 aromatic rings. The summed E-state index contributed by atoms with van der Waals surface area (Å²) in [5, 5.41) is 0. The molecule has 0 aliphatic rings. The van der Waals surface area contributed by atoms with Crippen molar-refractivity contribution in [1.82, 2.24) is 4.98 Å². The molecule has 1 aromatic heterocycles. The summed E-state index contributed by atoms with van der Waals surface area (Å²) >= 11 is 4.58. The molecule has 102 valence electrons. The van der Waals surface area contributed by atoms with E-state index in [0.717, 1.165) is 14.7 Å². The normalized spacial score (nSPS) is 11.8. The average Bonchev–Trinajstić information content (AvgIpc) is 2.83. The zero-order valence-electron chi connectivity index (χ0n) is 10.3. The SMILES string of the molecule is O=S(=O)(Cc1ccccc1)c1nc2ccc(Br)cc2s1. The fourth-order valence-corrected chi connectivity index (χ4v) is 5.06. The molecular weight excluding hydrogens is 358 g/mol. The number of rotatable bonds is 3. The minimum absolute atomic E-state index is 0.0190. The van der Waals surface area contributed by atoms with E-state index >= 15 is 0 Å². The lowest BCUT2D eigenvalue weighted by atomic mass is 10.2. The van der Waals surface area contributed by atoms with Crippen LogP contribution in [0.4, 0.5) is 0 Å². The van der Waals surface area contributed by atoms with Gasteiger partial charge in [-0.05, 0) is 23.8 Å². The predicted octanol–water partition coefficient (Wildman–Crippen LogP) is 4.03. The second-order valence-electron chi connectivity index (χ2n) is 4.34. The minimum Gasteiger partial charge on any atom is -0.225 e. The van der Waals surface area contributed by atoms with Crippen molar-refractivity contribution in [2.45, 2.75) is 10.1 Å². The van der Waals surface area contributed by atoms with Gasteiger partial charge in [0, 0.05) is 4.47 Å². The Bertz CT molecular complexity index is 857. The first-order chi connectivity index (χ1) is 9.54. The van der Waals surface area contributed by atoms with Crippen molar-refractivity contribution < 1.29 is 8.42 Å². The van der Waals surface area contributed by atoms with Crippen LogP contribution >= 0.6 is 27.3 Å². The Labute approximate surface area is 129 Å². The number of sulfone groups is 1. The minimum atomic E-state index is -3.40. The molecule has 3 rings (SSSR count). The van der Waals surface area contributed by atoms with Crippen LogP contribution in [0.3, 0.4) is 0 Å². The Morgan fingerprint density at radius 1 is 1.10 bits per heavy atom. The van der Waals surface area contributed by atoms with E-state index in [1.807, 2.05) is 48.5 Å². The zero-order chi connectivity index (χ0) is 14.2. The Balaban J connectivity index is 2.01. The van der Waals surface area contributed by atoms with Crippen LogP contribution in [-0.2, 0) is 15.6 Å². The van der Waals surface area contributed by atoms with E-state index < -0.39 is 9.84 Å². The molecule has 1 heterocycles. The lowest BCUT2D eigenvalue weighted by Crippen LogP contribution is -2.04. The maximum absolute atomic E-state index is 12.4. The summed E-state index contributed by atoms with van der Waals surface area (Å²) in [7, 11) is -3.40. The number of aromatic nitrogens is 1. The highest BCUT2D eigenvalue weighted by Crippen LogP contribution is 2.29. The summed E-state index contributed by atoms with van der Waals surface area (Å²) in [4.78, 5) is 4.23. The highest BCUT2D eigenvalue weighted by atomic mass is 79.9. The third-order valence-electron chi connectivity index (χ3n) is 2.80. The van der Waals surface area contributed by atoms with Crippen LogP contribution in [0.15, 0.2) is 57.3 Å². The van der Waals surface area contributed by atoms with Gasteiger partial charge in [0.25, 0.3) is 0 Å². The summed E-state index contributed by atoms with van der Waals surface area (Å²) in [6, 6.07) is 14.7. The molecule has 0 saturated heterocycles. The Morgan fingerprint density at radius 3 is 2.60 bits per heavy atom. The molecule has 20 heavy (non-hydrogen) atoms. The molecule has 6 heteroatoms. The van der Waals surface area contributed by atoms with E-state index in [9.17, 15) is 8.42 Å². The van der Waals surface area contributed by atoms with E-state index in [1.165, 1.54) is 11.3 Å². The molecule has 2 aromatic carbocycles. The summed E-state index contributed by atoms with van der Waals surface area (Å²) in [6.45, 7) is 0. The number of hydrogen-bond donors (Lipinski definition) is 0. The third-order valence-corrected chi connectivity index (χ3v) is 6.45. The lowest BCUT2D eigenvalue weighted by Gasteiger charge is -2.00.